The monoisotopic (exact) mass is 514 g/mol. The highest BCUT2D eigenvalue weighted by Crippen LogP contribution is 2.37. The molecule has 2 aromatic heterocycles. The van der Waals surface area contributed by atoms with Gasteiger partial charge in [-0.15, -0.1) is 11.3 Å². The summed E-state index contributed by atoms with van der Waals surface area (Å²) in [5, 5.41) is 9.89. The predicted octanol–water partition coefficient (Wildman–Crippen LogP) is 5.07. The summed E-state index contributed by atoms with van der Waals surface area (Å²) in [7, 11) is -3.05. The third-order valence-electron chi connectivity index (χ3n) is 5.27. The summed E-state index contributed by atoms with van der Waals surface area (Å²) in [6.45, 7) is 10.8. The van der Waals surface area contributed by atoms with Gasteiger partial charge in [0.1, 0.15) is 10.0 Å². The van der Waals surface area contributed by atoms with E-state index >= 15 is 0 Å². The lowest BCUT2D eigenvalue weighted by Gasteiger charge is -2.20. The average Bonchev–Trinajstić information content (AvgIpc) is 3.40. The van der Waals surface area contributed by atoms with Gasteiger partial charge in [-0.3, -0.25) is 0 Å². The Morgan fingerprint density at radius 1 is 1.29 bits per heavy atom. The van der Waals surface area contributed by atoms with E-state index in [-0.39, 0.29) is 9.62 Å². The molecular formula is C25H30N4O4S2. The summed E-state index contributed by atoms with van der Waals surface area (Å²) < 4.78 is 34.4. The Kier molecular flexibility index (Phi) is 7.72. The van der Waals surface area contributed by atoms with Crippen molar-refractivity contribution in [3.05, 3.63) is 58.5 Å². The molecule has 3 aromatic rings. The van der Waals surface area contributed by atoms with Crippen molar-refractivity contribution >= 4 is 27.5 Å². The second kappa shape index (κ2) is 10.2. The summed E-state index contributed by atoms with van der Waals surface area (Å²) in [6.07, 6.45) is 3.26. The number of nitriles is 1. The molecule has 0 unspecified atom stereocenters. The van der Waals surface area contributed by atoms with Gasteiger partial charge in [0.2, 0.25) is 0 Å². The maximum atomic E-state index is 13.0. The second-order valence-corrected chi connectivity index (χ2v) is 12.7. The molecule has 0 aliphatic rings. The maximum absolute atomic E-state index is 13.0. The Morgan fingerprint density at radius 2 is 2.00 bits per heavy atom. The van der Waals surface area contributed by atoms with Crippen LogP contribution in [0.5, 0.6) is 0 Å². The van der Waals surface area contributed by atoms with Crippen LogP contribution in [-0.4, -0.2) is 31.2 Å². The molecule has 10 heteroatoms. The number of hydrogen-bond acceptors (Lipinski definition) is 7. The van der Waals surface area contributed by atoms with Crippen LogP contribution >= 0.6 is 11.3 Å². The van der Waals surface area contributed by atoms with Crippen molar-refractivity contribution in [2.75, 3.05) is 7.11 Å². The lowest BCUT2D eigenvalue weighted by molar-refractivity contribution is 0.177. The number of carbonyl (C=O) groups excluding carboxylic acids is 1. The molecule has 0 fully saturated rings. The topological polar surface area (TPSA) is 114 Å². The molecule has 0 saturated heterocycles. The molecule has 0 bridgehead atoms. The van der Waals surface area contributed by atoms with Gasteiger partial charge in [0.25, 0.3) is 10.0 Å². The molecule has 8 nitrogen and oxygen atoms in total. The number of nitrogens with zero attached hydrogens (tertiary/aromatic N) is 3. The van der Waals surface area contributed by atoms with Gasteiger partial charge in [-0.25, -0.2) is 22.9 Å². The number of thiophene rings is 1. The summed E-state index contributed by atoms with van der Waals surface area (Å²) in [4.78, 5) is 17.0. The molecule has 0 atom stereocenters. The average molecular weight is 515 g/mol. The number of aromatic nitrogens is 2. The first-order chi connectivity index (χ1) is 16.4. The first-order valence-electron chi connectivity index (χ1n) is 11.1. The van der Waals surface area contributed by atoms with Gasteiger partial charge in [0, 0.05) is 28.2 Å². The van der Waals surface area contributed by atoms with Crippen molar-refractivity contribution < 1.29 is 17.9 Å². The molecule has 1 aromatic carbocycles. The van der Waals surface area contributed by atoms with E-state index in [0.717, 1.165) is 34.7 Å². The van der Waals surface area contributed by atoms with E-state index in [1.54, 1.807) is 12.3 Å². The fraction of sp³-hybridized carbons (Fsp3) is 0.400. The minimum absolute atomic E-state index is 0.0137. The Bertz CT molecular complexity index is 1370. The summed E-state index contributed by atoms with van der Waals surface area (Å²) in [6, 6.07) is 9.41. The third kappa shape index (κ3) is 6.10. The number of methoxy groups -OCH3 is 1. The highest BCUT2D eigenvalue weighted by molar-refractivity contribution is 7.92. The van der Waals surface area contributed by atoms with Crippen molar-refractivity contribution in [2.24, 2.45) is 5.92 Å². The molecule has 0 aliphatic heterocycles. The third-order valence-corrected chi connectivity index (χ3v) is 8.28. The van der Waals surface area contributed by atoms with Crippen molar-refractivity contribution in [1.29, 1.82) is 5.26 Å². The van der Waals surface area contributed by atoms with Crippen LogP contribution < -0.4 is 4.72 Å². The number of benzene rings is 1. The zero-order chi connectivity index (χ0) is 26.0. The fourth-order valence-electron chi connectivity index (χ4n) is 3.78. The number of rotatable bonds is 7. The number of hydrogen-bond donors (Lipinski definition) is 1. The number of sulfonamides is 1. The largest absolute Gasteiger partial charge is 0.452 e. The molecule has 2 heterocycles. The van der Waals surface area contributed by atoms with E-state index in [1.807, 2.05) is 47.5 Å². The number of ether oxygens (including phenoxy) is 1. The van der Waals surface area contributed by atoms with Crippen LogP contribution in [0.4, 0.5) is 4.79 Å². The van der Waals surface area contributed by atoms with Gasteiger partial charge in [-0.05, 0) is 35.6 Å². The van der Waals surface area contributed by atoms with Gasteiger partial charge in [0.15, 0.2) is 0 Å². The van der Waals surface area contributed by atoms with E-state index in [4.69, 9.17) is 0 Å². The standard InChI is InChI=1S/C25H30N4O4S2/c1-16(2)11-20-13-21(22(34-20)35(31,32)28-24(30)33-6)17-7-8-18(19(12-17)14-26)15-29-10-9-27-23(29)25(3,4)5/h7-10,12-13,16H,11,15H2,1-6H3,(H,28,30). The van der Waals surface area contributed by atoms with Crippen LogP contribution in [0.15, 0.2) is 40.9 Å². The number of amides is 1. The number of imidazole rings is 1. The van der Waals surface area contributed by atoms with Crippen molar-refractivity contribution in [1.82, 2.24) is 14.3 Å². The van der Waals surface area contributed by atoms with Gasteiger partial charge in [-0.2, -0.15) is 5.26 Å². The molecule has 0 radical (unpaired) electrons. The molecule has 186 valence electrons. The number of nitrogens with one attached hydrogen (secondary N) is 1. The molecule has 0 spiro atoms. The Morgan fingerprint density at radius 3 is 2.60 bits per heavy atom. The quantitative estimate of drug-likeness (QED) is 0.471. The van der Waals surface area contributed by atoms with Gasteiger partial charge >= 0.3 is 6.09 Å². The zero-order valence-electron chi connectivity index (χ0n) is 20.7. The van der Waals surface area contributed by atoms with E-state index in [2.05, 4.69) is 36.6 Å². The fourth-order valence-corrected chi connectivity index (χ4v) is 6.64. The molecule has 3 rings (SSSR count). The van der Waals surface area contributed by atoms with Gasteiger partial charge < -0.3 is 9.30 Å². The summed E-state index contributed by atoms with van der Waals surface area (Å²) >= 11 is 1.11. The Balaban J connectivity index is 2.07. The predicted molar refractivity (Wildman–Crippen MR) is 136 cm³/mol. The van der Waals surface area contributed by atoms with Gasteiger partial charge in [0.05, 0.1) is 25.3 Å². The Labute approximate surface area is 210 Å². The maximum Gasteiger partial charge on any atom is 0.420 e. The van der Waals surface area contributed by atoms with E-state index in [1.165, 1.54) is 0 Å². The highest BCUT2D eigenvalue weighted by atomic mass is 32.2. The number of carbonyl (C=O) groups is 1. The Hall–Kier alpha value is -3.16. The van der Waals surface area contributed by atoms with Crippen molar-refractivity contribution in [2.45, 2.75) is 57.2 Å². The normalized spacial score (nSPS) is 11.9. The minimum Gasteiger partial charge on any atom is -0.452 e. The molecule has 35 heavy (non-hydrogen) atoms. The summed E-state index contributed by atoms with van der Waals surface area (Å²) in [5.41, 5.74) is 2.12. The van der Waals surface area contributed by atoms with Crippen LogP contribution in [0, 0.1) is 17.2 Å². The second-order valence-electron chi connectivity index (χ2n) is 9.72. The highest BCUT2D eigenvalue weighted by Gasteiger charge is 2.27. The van der Waals surface area contributed by atoms with E-state index in [9.17, 15) is 18.5 Å². The minimum atomic E-state index is -4.16. The van der Waals surface area contributed by atoms with Crippen molar-refractivity contribution in [3.8, 4) is 17.2 Å². The summed E-state index contributed by atoms with van der Waals surface area (Å²) in [5.74, 6) is 1.22. The molecular weight excluding hydrogens is 484 g/mol. The SMILES string of the molecule is COC(=O)NS(=O)(=O)c1sc(CC(C)C)cc1-c1ccc(Cn2ccnc2C(C)(C)C)c(C#N)c1. The lowest BCUT2D eigenvalue weighted by atomic mass is 9.95. The van der Waals surface area contributed by atoms with Crippen LogP contribution in [0.25, 0.3) is 11.1 Å². The smallest absolute Gasteiger partial charge is 0.420 e. The van der Waals surface area contributed by atoms with Crippen molar-refractivity contribution in [3.63, 3.8) is 0 Å². The van der Waals surface area contributed by atoms with Crippen LogP contribution in [0.2, 0.25) is 0 Å². The van der Waals surface area contributed by atoms with E-state index in [0.29, 0.717) is 35.6 Å². The lowest BCUT2D eigenvalue weighted by Crippen LogP contribution is -2.30. The van der Waals surface area contributed by atoms with E-state index < -0.39 is 16.1 Å². The molecule has 1 N–H and O–H groups in total. The van der Waals surface area contributed by atoms with Crippen LogP contribution in [0.1, 0.15) is 56.4 Å². The first kappa shape index (κ1) is 26.4. The molecule has 0 aliphatic carbocycles. The first-order valence-corrected chi connectivity index (χ1v) is 13.4. The molecule has 1 amide bonds. The molecule has 0 saturated carbocycles. The zero-order valence-corrected chi connectivity index (χ0v) is 22.4. The van der Waals surface area contributed by atoms with Gasteiger partial charge in [-0.1, -0.05) is 46.8 Å². The van der Waals surface area contributed by atoms with Crippen LogP contribution in [0.3, 0.4) is 0 Å². The van der Waals surface area contributed by atoms with Crippen LogP contribution in [-0.2, 0) is 33.1 Å².